The molecule has 3 rings (SSSR count). The monoisotopic (exact) mass is 287 g/mol. The van der Waals surface area contributed by atoms with Crippen LogP contribution in [0.4, 0.5) is 0 Å². The van der Waals surface area contributed by atoms with Crippen molar-refractivity contribution in [2.45, 2.75) is 25.3 Å². The van der Waals surface area contributed by atoms with Crippen LogP contribution in [0.15, 0.2) is 41.1 Å². The van der Waals surface area contributed by atoms with Crippen molar-refractivity contribution in [2.24, 2.45) is 5.92 Å². The van der Waals surface area contributed by atoms with Crippen LogP contribution >= 0.6 is 11.3 Å². The Morgan fingerprint density at radius 1 is 1.25 bits per heavy atom. The first kappa shape index (κ1) is 13.7. The number of hydrogen-bond donors (Lipinski definition) is 1. The molecule has 0 radical (unpaired) electrons. The Morgan fingerprint density at radius 3 is 2.65 bits per heavy atom. The average Bonchev–Trinajstić information content (AvgIpc) is 3.20. The van der Waals surface area contributed by atoms with E-state index in [2.05, 4.69) is 46.4 Å². The Bertz CT molecular complexity index is 516. The molecular weight excluding hydrogens is 266 g/mol. The second-order valence-electron chi connectivity index (χ2n) is 5.42. The molecule has 0 saturated heterocycles. The fraction of sp³-hybridized carbons (Fsp3) is 0.412. The van der Waals surface area contributed by atoms with Gasteiger partial charge in [0.25, 0.3) is 0 Å². The van der Waals surface area contributed by atoms with Crippen LogP contribution in [0, 0.1) is 5.92 Å². The molecule has 1 unspecified atom stereocenters. The molecule has 0 amide bonds. The lowest BCUT2D eigenvalue weighted by atomic mass is 10.0. The first-order valence-corrected chi connectivity index (χ1v) is 8.19. The summed E-state index contributed by atoms with van der Waals surface area (Å²) in [5.74, 6) is 1.74. The van der Waals surface area contributed by atoms with Gasteiger partial charge in [0, 0.05) is 6.04 Å². The maximum Gasteiger partial charge on any atom is 0.118 e. The molecule has 0 aliphatic heterocycles. The molecule has 1 atom stereocenters. The summed E-state index contributed by atoms with van der Waals surface area (Å²) in [7, 11) is 1.71. The van der Waals surface area contributed by atoms with Crippen LogP contribution in [0.5, 0.6) is 5.75 Å². The first-order valence-electron chi connectivity index (χ1n) is 7.25. The van der Waals surface area contributed by atoms with Crippen LogP contribution in [0.1, 0.15) is 30.0 Å². The van der Waals surface area contributed by atoms with Crippen LogP contribution in [0.3, 0.4) is 0 Å². The highest BCUT2D eigenvalue weighted by atomic mass is 32.1. The molecule has 2 aromatic rings. The highest BCUT2D eigenvalue weighted by molar-refractivity contribution is 7.07. The predicted octanol–water partition coefficient (Wildman–Crippen LogP) is 4.04. The van der Waals surface area contributed by atoms with Gasteiger partial charge in [-0.25, -0.2) is 0 Å². The Hall–Kier alpha value is -1.32. The van der Waals surface area contributed by atoms with Crippen LogP contribution in [-0.2, 0) is 6.42 Å². The standard InChI is InChI=1S/C17H21NOS/c1-19-16-6-4-15(5-7-16)17(14-2-3-14)18-10-8-13-9-11-20-12-13/h4-7,9,11-12,14,17-18H,2-3,8,10H2,1H3. The van der Waals surface area contributed by atoms with Crippen LogP contribution in [0.25, 0.3) is 0 Å². The van der Waals surface area contributed by atoms with E-state index in [0.717, 1.165) is 24.6 Å². The quantitative estimate of drug-likeness (QED) is 0.830. The zero-order chi connectivity index (χ0) is 13.8. The van der Waals surface area contributed by atoms with E-state index in [4.69, 9.17) is 4.74 Å². The summed E-state index contributed by atoms with van der Waals surface area (Å²) < 4.78 is 5.24. The van der Waals surface area contributed by atoms with E-state index in [1.807, 2.05) is 0 Å². The molecule has 106 valence electrons. The number of methoxy groups -OCH3 is 1. The maximum atomic E-state index is 5.24. The fourth-order valence-corrected chi connectivity index (χ4v) is 3.31. The van der Waals surface area contributed by atoms with Gasteiger partial charge in [-0.15, -0.1) is 0 Å². The number of benzene rings is 1. The van der Waals surface area contributed by atoms with Crippen molar-refractivity contribution in [1.82, 2.24) is 5.32 Å². The molecule has 1 aromatic heterocycles. The number of thiophene rings is 1. The fourth-order valence-electron chi connectivity index (χ4n) is 2.60. The van der Waals surface area contributed by atoms with Gasteiger partial charge in [0.1, 0.15) is 5.75 Å². The summed E-state index contributed by atoms with van der Waals surface area (Å²) in [5.41, 5.74) is 2.82. The van der Waals surface area contributed by atoms with Gasteiger partial charge < -0.3 is 10.1 Å². The van der Waals surface area contributed by atoms with Gasteiger partial charge in [0.2, 0.25) is 0 Å². The zero-order valence-corrected chi connectivity index (χ0v) is 12.7. The molecule has 0 spiro atoms. The normalized spacial score (nSPS) is 16.1. The first-order chi connectivity index (χ1) is 9.86. The lowest BCUT2D eigenvalue weighted by molar-refractivity contribution is 0.414. The summed E-state index contributed by atoms with van der Waals surface area (Å²) in [6, 6.07) is 11.2. The Morgan fingerprint density at radius 2 is 2.05 bits per heavy atom. The van der Waals surface area contributed by atoms with Crippen molar-refractivity contribution in [3.05, 3.63) is 52.2 Å². The minimum Gasteiger partial charge on any atom is -0.497 e. The van der Waals surface area contributed by atoms with Crippen molar-refractivity contribution in [3.8, 4) is 5.75 Å². The van der Waals surface area contributed by atoms with E-state index >= 15 is 0 Å². The smallest absolute Gasteiger partial charge is 0.118 e. The molecule has 1 aromatic carbocycles. The van der Waals surface area contributed by atoms with E-state index in [1.54, 1.807) is 18.4 Å². The molecular formula is C17H21NOS. The minimum absolute atomic E-state index is 0.500. The largest absolute Gasteiger partial charge is 0.497 e. The van der Waals surface area contributed by atoms with Crippen molar-refractivity contribution < 1.29 is 4.74 Å². The van der Waals surface area contributed by atoms with Crippen LogP contribution in [-0.4, -0.2) is 13.7 Å². The molecule has 1 heterocycles. The van der Waals surface area contributed by atoms with E-state index in [9.17, 15) is 0 Å². The third-order valence-electron chi connectivity index (χ3n) is 3.93. The molecule has 1 aliphatic rings. The lowest BCUT2D eigenvalue weighted by Gasteiger charge is -2.19. The van der Waals surface area contributed by atoms with Gasteiger partial charge >= 0.3 is 0 Å². The molecule has 3 heteroatoms. The summed E-state index contributed by atoms with van der Waals surface area (Å²) >= 11 is 1.78. The molecule has 1 saturated carbocycles. The zero-order valence-electron chi connectivity index (χ0n) is 11.8. The summed E-state index contributed by atoms with van der Waals surface area (Å²) in [6.45, 7) is 1.05. The number of hydrogen-bond acceptors (Lipinski definition) is 3. The van der Waals surface area contributed by atoms with Gasteiger partial charge in [0.05, 0.1) is 7.11 Å². The average molecular weight is 287 g/mol. The van der Waals surface area contributed by atoms with E-state index in [0.29, 0.717) is 6.04 Å². The van der Waals surface area contributed by atoms with Gasteiger partial charge in [-0.05, 0) is 71.8 Å². The summed E-state index contributed by atoms with van der Waals surface area (Å²) in [4.78, 5) is 0. The Balaban J connectivity index is 1.60. The third-order valence-corrected chi connectivity index (χ3v) is 4.66. The third kappa shape index (κ3) is 3.41. The van der Waals surface area contributed by atoms with Crippen LogP contribution in [0.2, 0.25) is 0 Å². The topological polar surface area (TPSA) is 21.3 Å². The highest BCUT2D eigenvalue weighted by Gasteiger charge is 2.31. The van der Waals surface area contributed by atoms with Crippen LogP contribution < -0.4 is 10.1 Å². The second kappa shape index (κ2) is 6.42. The maximum absolute atomic E-state index is 5.24. The van der Waals surface area contributed by atoms with E-state index in [-0.39, 0.29) is 0 Å². The molecule has 20 heavy (non-hydrogen) atoms. The van der Waals surface area contributed by atoms with Gasteiger partial charge in [0.15, 0.2) is 0 Å². The number of ether oxygens (including phenoxy) is 1. The number of rotatable bonds is 7. The van der Waals surface area contributed by atoms with E-state index in [1.165, 1.54) is 24.0 Å². The predicted molar refractivity (Wildman–Crippen MR) is 84.5 cm³/mol. The van der Waals surface area contributed by atoms with E-state index < -0.39 is 0 Å². The Kier molecular flexibility index (Phi) is 4.38. The van der Waals surface area contributed by atoms with Gasteiger partial charge in [-0.3, -0.25) is 0 Å². The SMILES string of the molecule is COc1ccc(C(NCCc2ccsc2)C2CC2)cc1. The van der Waals surface area contributed by atoms with Crippen molar-refractivity contribution in [2.75, 3.05) is 13.7 Å². The highest BCUT2D eigenvalue weighted by Crippen LogP contribution is 2.41. The van der Waals surface area contributed by atoms with Gasteiger partial charge in [-0.2, -0.15) is 11.3 Å². The molecule has 0 bridgehead atoms. The lowest BCUT2D eigenvalue weighted by Crippen LogP contribution is -2.25. The molecule has 1 aliphatic carbocycles. The minimum atomic E-state index is 0.500. The Labute approximate surface area is 124 Å². The molecule has 2 nitrogen and oxygen atoms in total. The van der Waals surface area contributed by atoms with Crippen molar-refractivity contribution in [3.63, 3.8) is 0 Å². The van der Waals surface area contributed by atoms with Gasteiger partial charge in [-0.1, -0.05) is 12.1 Å². The summed E-state index contributed by atoms with van der Waals surface area (Å²) in [5, 5.41) is 8.12. The van der Waals surface area contributed by atoms with Crippen molar-refractivity contribution >= 4 is 11.3 Å². The summed E-state index contributed by atoms with van der Waals surface area (Å²) in [6.07, 6.45) is 3.81. The second-order valence-corrected chi connectivity index (χ2v) is 6.20. The molecule has 1 fully saturated rings. The molecule has 1 N–H and O–H groups in total. The number of nitrogens with one attached hydrogen (secondary N) is 1. The van der Waals surface area contributed by atoms with Crippen molar-refractivity contribution in [1.29, 1.82) is 0 Å².